The fraction of sp³-hybridized carbons (Fsp3) is 0.0526. The van der Waals surface area contributed by atoms with E-state index in [1.807, 2.05) is 0 Å². The van der Waals surface area contributed by atoms with Crippen LogP contribution in [-0.2, 0) is 5.72 Å². The Morgan fingerprint density at radius 2 is 1.13 bits per heavy atom. The van der Waals surface area contributed by atoms with Crippen molar-refractivity contribution < 1.29 is 19.9 Å². The van der Waals surface area contributed by atoms with E-state index in [1.165, 1.54) is 0 Å². The average Bonchev–Trinajstić information content (AvgIpc) is 2.77. The van der Waals surface area contributed by atoms with Crippen LogP contribution in [0.15, 0.2) is 72.8 Å². The number of hydrogen-bond donors (Lipinski definition) is 3. The molecule has 158 valence electrons. The summed E-state index contributed by atoms with van der Waals surface area (Å²) in [5.74, 6) is 0. The van der Waals surface area contributed by atoms with Crippen LogP contribution in [0.25, 0.3) is 0 Å². The van der Waals surface area contributed by atoms with Crippen LogP contribution in [0.1, 0.15) is 11.1 Å². The van der Waals surface area contributed by atoms with Crippen LogP contribution < -0.4 is 10.9 Å². The van der Waals surface area contributed by atoms with E-state index in [-0.39, 0.29) is 0 Å². The van der Waals surface area contributed by atoms with Crippen LogP contribution in [0.3, 0.4) is 0 Å². The smallest absolute Gasteiger partial charge is 0.307 e. The van der Waals surface area contributed by atoms with Gasteiger partial charge in [-0.3, -0.25) is 30.3 Å². The first-order valence-electron chi connectivity index (χ1n) is 8.72. The van der Waals surface area contributed by atoms with Crippen molar-refractivity contribution in [3.8, 4) is 0 Å². The van der Waals surface area contributed by atoms with E-state index in [9.17, 15) is 35.4 Å². The van der Waals surface area contributed by atoms with Crippen molar-refractivity contribution in [2.75, 3.05) is 5.43 Å². The summed E-state index contributed by atoms with van der Waals surface area (Å²) in [7, 11) is 0. The first kappa shape index (κ1) is 21.3. The number of nitrogens with one attached hydrogen (secondary N) is 2. The van der Waals surface area contributed by atoms with E-state index >= 15 is 0 Å². The number of aliphatic hydroxyl groups is 1. The molecule has 0 saturated heterocycles. The summed E-state index contributed by atoms with van der Waals surface area (Å²) < 4.78 is 0. The molecule has 0 aliphatic heterocycles. The van der Waals surface area contributed by atoms with Crippen molar-refractivity contribution in [1.29, 1.82) is 0 Å². The molecule has 0 unspecified atom stereocenters. The van der Waals surface area contributed by atoms with Crippen molar-refractivity contribution in [1.82, 2.24) is 5.43 Å². The predicted octanol–water partition coefficient (Wildman–Crippen LogP) is 3.22. The highest BCUT2D eigenvalue weighted by Crippen LogP contribution is 2.38. The zero-order valence-electron chi connectivity index (χ0n) is 15.7. The molecule has 0 radical (unpaired) electrons. The maximum absolute atomic E-state index is 11.5. The Balaban J connectivity index is 2.11. The molecule has 0 atom stereocenters. The molecule has 3 N–H and O–H groups in total. The van der Waals surface area contributed by atoms with Gasteiger partial charge in [-0.25, -0.2) is 0 Å². The van der Waals surface area contributed by atoms with Crippen molar-refractivity contribution in [2.24, 2.45) is 0 Å². The number of nitro benzene ring substituents is 3. The quantitative estimate of drug-likeness (QED) is 0.278. The standard InChI is InChI=1S/C19H15N5O7/c25-19(13-7-3-1-4-8-13,14-9-5-2-6-10-14)21-20-18-16(23(28)29)11-15(22(26)27)12-17(18)24(30)31/h1-12,20-21,25H. The minimum absolute atomic E-state index is 0.334. The SMILES string of the molecule is O=[N+]([O-])c1cc([N+](=O)[O-])c(NNC(O)(c2ccccc2)c2ccccc2)c([N+](=O)[O-])c1. The van der Waals surface area contributed by atoms with Gasteiger partial charge in [-0.1, -0.05) is 60.7 Å². The molecule has 0 fully saturated rings. The average molecular weight is 425 g/mol. The lowest BCUT2D eigenvalue weighted by atomic mass is 9.95. The van der Waals surface area contributed by atoms with Gasteiger partial charge < -0.3 is 10.5 Å². The zero-order valence-corrected chi connectivity index (χ0v) is 15.7. The largest absolute Gasteiger partial charge is 0.366 e. The monoisotopic (exact) mass is 425 g/mol. The normalized spacial score (nSPS) is 11.0. The molecular formula is C19H15N5O7. The topological polar surface area (TPSA) is 174 Å². The first-order chi connectivity index (χ1) is 14.7. The van der Waals surface area contributed by atoms with Crippen LogP contribution >= 0.6 is 0 Å². The number of benzene rings is 3. The van der Waals surface area contributed by atoms with E-state index in [2.05, 4.69) is 10.9 Å². The van der Waals surface area contributed by atoms with Crippen LogP contribution in [0.5, 0.6) is 0 Å². The minimum Gasteiger partial charge on any atom is -0.366 e. The Labute approximate surface area is 174 Å². The van der Waals surface area contributed by atoms with Crippen molar-refractivity contribution >= 4 is 22.7 Å². The lowest BCUT2D eigenvalue weighted by molar-refractivity contribution is -0.401. The molecule has 31 heavy (non-hydrogen) atoms. The Hall–Kier alpha value is -4.42. The molecule has 0 aromatic heterocycles. The summed E-state index contributed by atoms with van der Waals surface area (Å²) in [6.07, 6.45) is 0. The van der Waals surface area contributed by atoms with E-state index in [0.717, 1.165) is 0 Å². The molecule has 3 aromatic carbocycles. The molecule has 3 rings (SSSR count). The highest BCUT2D eigenvalue weighted by atomic mass is 16.6. The third kappa shape index (κ3) is 4.29. The summed E-state index contributed by atoms with van der Waals surface area (Å²) in [5.41, 5.74) is 0.296. The van der Waals surface area contributed by atoms with Gasteiger partial charge >= 0.3 is 11.4 Å². The van der Waals surface area contributed by atoms with Gasteiger partial charge in [0.1, 0.15) is 0 Å². The second-order valence-corrected chi connectivity index (χ2v) is 6.32. The molecule has 0 aliphatic carbocycles. The molecular weight excluding hydrogens is 410 g/mol. The Morgan fingerprint density at radius 1 is 0.710 bits per heavy atom. The molecule has 0 saturated carbocycles. The summed E-state index contributed by atoms with van der Waals surface area (Å²) in [6, 6.07) is 17.6. The predicted molar refractivity (Wildman–Crippen MR) is 109 cm³/mol. The minimum atomic E-state index is -1.95. The van der Waals surface area contributed by atoms with E-state index in [4.69, 9.17) is 0 Å². The Bertz CT molecular complexity index is 1060. The second-order valence-electron chi connectivity index (χ2n) is 6.32. The van der Waals surface area contributed by atoms with Crippen molar-refractivity contribution in [3.63, 3.8) is 0 Å². The number of non-ortho nitro benzene ring substituents is 1. The number of anilines is 1. The van der Waals surface area contributed by atoms with Gasteiger partial charge in [0.2, 0.25) is 5.69 Å². The molecule has 12 heteroatoms. The van der Waals surface area contributed by atoms with Gasteiger partial charge in [0.25, 0.3) is 5.69 Å². The lowest BCUT2D eigenvalue weighted by Gasteiger charge is -2.30. The maximum Gasteiger partial charge on any atom is 0.307 e. The Morgan fingerprint density at radius 3 is 1.48 bits per heavy atom. The first-order valence-corrected chi connectivity index (χ1v) is 8.72. The third-order valence-corrected chi connectivity index (χ3v) is 4.44. The summed E-state index contributed by atoms with van der Waals surface area (Å²) in [4.78, 5) is 31.0. The summed E-state index contributed by atoms with van der Waals surface area (Å²) >= 11 is 0. The number of hydrazine groups is 1. The van der Waals surface area contributed by atoms with Gasteiger partial charge in [0.05, 0.1) is 26.9 Å². The molecule has 0 aliphatic rings. The van der Waals surface area contributed by atoms with Crippen molar-refractivity contribution in [2.45, 2.75) is 5.72 Å². The maximum atomic E-state index is 11.5. The van der Waals surface area contributed by atoms with Gasteiger partial charge in [-0.15, -0.1) is 0 Å². The molecule has 0 bridgehead atoms. The van der Waals surface area contributed by atoms with E-state index in [0.29, 0.717) is 23.3 Å². The second kappa shape index (κ2) is 8.52. The molecule has 12 nitrogen and oxygen atoms in total. The lowest BCUT2D eigenvalue weighted by Crippen LogP contribution is -2.46. The zero-order chi connectivity index (χ0) is 22.6. The van der Waals surface area contributed by atoms with Crippen LogP contribution in [0.2, 0.25) is 0 Å². The fourth-order valence-electron chi connectivity index (χ4n) is 2.94. The number of nitrogens with zero attached hydrogens (tertiary/aromatic N) is 3. The van der Waals surface area contributed by atoms with Gasteiger partial charge in [0, 0.05) is 11.1 Å². The molecule has 0 amide bonds. The number of nitro groups is 3. The molecule has 3 aromatic rings. The molecule has 0 heterocycles. The van der Waals surface area contributed by atoms with Gasteiger partial charge in [0.15, 0.2) is 5.72 Å². The highest BCUT2D eigenvalue weighted by molar-refractivity contribution is 5.76. The van der Waals surface area contributed by atoms with E-state index in [1.54, 1.807) is 60.7 Å². The van der Waals surface area contributed by atoms with Gasteiger partial charge in [-0.2, -0.15) is 5.43 Å². The third-order valence-electron chi connectivity index (χ3n) is 4.44. The van der Waals surface area contributed by atoms with E-state index < -0.39 is 43.2 Å². The van der Waals surface area contributed by atoms with Crippen LogP contribution in [0, 0.1) is 30.3 Å². The summed E-state index contributed by atoms with van der Waals surface area (Å²) in [5, 5.41) is 45.4. The number of rotatable bonds is 8. The fourth-order valence-corrected chi connectivity index (χ4v) is 2.94. The Kier molecular flexibility index (Phi) is 5.85. The number of hydrogen-bond acceptors (Lipinski definition) is 9. The summed E-state index contributed by atoms with van der Waals surface area (Å²) in [6.45, 7) is 0. The highest BCUT2D eigenvalue weighted by Gasteiger charge is 2.35. The van der Waals surface area contributed by atoms with Crippen molar-refractivity contribution in [3.05, 3.63) is 114 Å². The molecule has 0 spiro atoms. The van der Waals surface area contributed by atoms with Gasteiger partial charge in [-0.05, 0) is 0 Å². The van der Waals surface area contributed by atoms with Crippen LogP contribution in [0.4, 0.5) is 22.7 Å². The van der Waals surface area contributed by atoms with Crippen LogP contribution in [-0.4, -0.2) is 19.9 Å².